The predicted octanol–water partition coefficient (Wildman–Crippen LogP) is 4.98. The number of fused-ring (bicyclic) bond motifs is 1. The van der Waals surface area contributed by atoms with Crippen LogP contribution in [0, 0.1) is 13.8 Å². The van der Waals surface area contributed by atoms with Crippen molar-refractivity contribution in [2.75, 3.05) is 19.5 Å². The molecule has 4 aromatic rings. The Balaban J connectivity index is 1.24. The molecule has 1 unspecified atom stereocenters. The summed E-state index contributed by atoms with van der Waals surface area (Å²) in [7, 11) is 1.59. The number of ketones is 1. The lowest BCUT2D eigenvalue weighted by atomic mass is 10.2. The molecule has 0 saturated carbocycles. The van der Waals surface area contributed by atoms with Crippen molar-refractivity contribution in [1.29, 1.82) is 0 Å². The van der Waals surface area contributed by atoms with E-state index in [1.165, 1.54) is 11.8 Å². The van der Waals surface area contributed by atoms with Crippen LogP contribution in [0.1, 0.15) is 21.7 Å². The molecule has 0 N–H and O–H groups in total. The van der Waals surface area contributed by atoms with Crippen molar-refractivity contribution in [3.8, 4) is 28.7 Å². The number of para-hydroxylation sites is 3. The summed E-state index contributed by atoms with van der Waals surface area (Å²) >= 11 is 1.22. The average Bonchev–Trinajstić information content (AvgIpc) is 3.47. The van der Waals surface area contributed by atoms with Gasteiger partial charge in [0.1, 0.15) is 12.4 Å². The van der Waals surface area contributed by atoms with E-state index in [0.717, 1.165) is 22.9 Å². The molecule has 0 aliphatic carbocycles. The van der Waals surface area contributed by atoms with Crippen LogP contribution in [0.15, 0.2) is 64.2 Å². The Kier molecular flexibility index (Phi) is 6.50. The minimum atomic E-state index is -0.140. The zero-order chi connectivity index (χ0) is 24.4. The molecule has 9 heteroatoms. The number of hydrogen-bond acceptors (Lipinski definition) is 8. The number of methoxy groups -OCH3 is 1. The predicted molar refractivity (Wildman–Crippen MR) is 132 cm³/mol. The van der Waals surface area contributed by atoms with Crippen LogP contribution in [-0.2, 0) is 6.54 Å². The third-order valence-corrected chi connectivity index (χ3v) is 6.72. The van der Waals surface area contributed by atoms with Crippen molar-refractivity contribution in [3.63, 3.8) is 0 Å². The number of benzene rings is 2. The number of ether oxygens (including phenoxy) is 3. The number of hydrogen-bond donors (Lipinski definition) is 0. The maximum absolute atomic E-state index is 13.0. The molecule has 0 amide bonds. The number of rotatable bonds is 8. The molecule has 35 heavy (non-hydrogen) atoms. The highest BCUT2D eigenvalue weighted by Crippen LogP contribution is 2.32. The third kappa shape index (κ3) is 4.77. The minimum absolute atomic E-state index is 0.00227. The largest absolute Gasteiger partial charge is 0.496 e. The summed E-state index contributed by atoms with van der Waals surface area (Å²) in [5, 5.41) is 8.51. The zero-order valence-electron chi connectivity index (χ0n) is 19.7. The minimum Gasteiger partial charge on any atom is -0.496 e. The molecule has 0 bridgehead atoms. The number of aryl methyl sites for hydroxylation is 1. The standard InChI is InChI=1S/C26H25N3O5S/c1-16-12-20(17(2)29(16)13-18-14-32-23-10-6-7-11-24(23)33-18)21(30)15-35-26-28-27-25(34-26)19-8-4-5-9-22(19)31-3/h4-12,18H,13-15H2,1-3H3. The molecule has 0 fully saturated rings. The summed E-state index contributed by atoms with van der Waals surface area (Å²) < 4.78 is 25.2. The van der Waals surface area contributed by atoms with Crippen LogP contribution in [0.25, 0.3) is 11.5 Å². The number of Topliss-reactive ketones (excluding diaryl/α,β-unsaturated/α-hetero) is 1. The van der Waals surface area contributed by atoms with Gasteiger partial charge in [-0.2, -0.15) is 0 Å². The second-order valence-electron chi connectivity index (χ2n) is 8.18. The van der Waals surface area contributed by atoms with Gasteiger partial charge in [-0.3, -0.25) is 4.79 Å². The first-order valence-corrected chi connectivity index (χ1v) is 12.2. The SMILES string of the molecule is COc1ccccc1-c1nnc(SCC(=O)c2cc(C)n(CC3COc4ccccc4O3)c2C)o1. The molecule has 1 atom stereocenters. The summed E-state index contributed by atoms with van der Waals surface area (Å²) in [5.41, 5.74) is 3.28. The van der Waals surface area contributed by atoms with Crippen molar-refractivity contribution in [1.82, 2.24) is 14.8 Å². The van der Waals surface area contributed by atoms with Crippen LogP contribution in [0.2, 0.25) is 0 Å². The van der Waals surface area contributed by atoms with Gasteiger partial charge >= 0.3 is 0 Å². The smallest absolute Gasteiger partial charge is 0.277 e. The first kappa shape index (κ1) is 23.0. The van der Waals surface area contributed by atoms with Crippen LogP contribution in [-0.4, -0.2) is 46.1 Å². The molecule has 180 valence electrons. The van der Waals surface area contributed by atoms with Gasteiger partial charge in [0, 0.05) is 17.0 Å². The van der Waals surface area contributed by atoms with Gasteiger partial charge in [0.05, 0.1) is 25.0 Å². The first-order valence-electron chi connectivity index (χ1n) is 11.2. The summed E-state index contributed by atoms with van der Waals surface area (Å²) in [4.78, 5) is 13.0. The number of thioether (sulfide) groups is 1. The van der Waals surface area contributed by atoms with E-state index >= 15 is 0 Å². The summed E-state index contributed by atoms with van der Waals surface area (Å²) in [6, 6.07) is 17.0. The topological polar surface area (TPSA) is 88.6 Å². The third-order valence-electron chi connectivity index (χ3n) is 5.90. The van der Waals surface area contributed by atoms with Crippen LogP contribution >= 0.6 is 11.8 Å². The van der Waals surface area contributed by atoms with E-state index in [-0.39, 0.29) is 17.6 Å². The van der Waals surface area contributed by atoms with Gasteiger partial charge in [-0.15, -0.1) is 10.2 Å². The first-order chi connectivity index (χ1) is 17.0. The van der Waals surface area contributed by atoms with Crippen LogP contribution in [0.3, 0.4) is 0 Å². The van der Waals surface area contributed by atoms with E-state index in [1.54, 1.807) is 7.11 Å². The number of carbonyl (C=O) groups is 1. The van der Waals surface area contributed by atoms with Gasteiger partial charge in [-0.25, -0.2) is 0 Å². The highest BCUT2D eigenvalue weighted by molar-refractivity contribution is 7.99. The van der Waals surface area contributed by atoms with E-state index in [9.17, 15) is 4.79 Å². The van der Waals surface area contributed by atoms with Crippen molar-refractivity contribution in [3.05, 3.63) is 71.5 Å². The summed E-state index contributed by atoms with van der Waals surface area (Å²) in [6.07, 6.45) is -0.140. The molecule has 8 nitrogen and oxygen atoms in total. The number of carbonyl (C=O) groups excluding carboxylic acids is 1. The molecule has 3 heterocycles. The molecule has 2 aromatic carbocycles. The fourth-order valence-corrected chi connectivity index (χ4v) is 4.77. The lowest BCUT2D eigenvalue weighted by Gasteiger charge is -2.27. The summed E-state index contributed by atoms with van der Waals surface area (Å²) in [6.45, 7) is 5.00. The van der Waals surface area contributed by atoms with Gasteiger partial charge in [-0.05, 0) is 44.2 Å². The molecule has 5 rings (SSSR count). The molecule has 0 spiro atoms. The van der Waals surface area contributed by atoms with E-state index in [0.29, 0.717) is 41.1 Å². The Morgan fingerprint density at radius 1 is 1.11 bits per heavy atom. The van der Waals surface area contributed by atoms with Crippen molar-refractivity contribution in [2.24, 2.45) is 0 Å². The Morgan fingerprint density at radius 2 is 1.89 bits per heavy atom. The zero-order valence-corrected chi connectivity index (χ0v) is 20.5. The normalized spacial score (nSPS) is 14.7. The van der Waals surface area contributed by atoms with E-state index in [4.69, 9.17) is 18.6 Å². The Morgan fingerprint density at radius 3 is 2.71 bits per heavy atom. The lowest BCUT2D eigenvalue weighted by Crippen LogP contribution is -2.33. The van der Waals surface area contributed by atoms with Gasteiger partial charge < -0.3 is 23.2 Å². The summed E-state index contributed by atoms with van der Waals surface area (Å²) in [5.74, 6) is 2.68. The van der Waals surface area contributed by atoms with Crippen LogP contribution in [0.4, 0.5) is 0 Å². The van der Waals surface area contributed by atoms with Crippen molar-refractivity contribution >= 4 is 17.5 Å². The molecule has 0 radical (unpaired) electrons. The quantitative estimate of drug-likeness (QED) is 0.252. The Bertz CT molecular complexity index is 1360. The van der Waals surface area contributed by atoms with Gasteiger partial charge in [0.15, 0.2) is 23.4 Å². The fourth-order valence-electron chi connectivity index (χ4n) is 4.12. The number of aromatic nitrogens is 3. The van der Waals surface area contributed by atoms with Crippen molar-refractivity contribution in [2.45, 2.75) is 31.7 Å². The highest BCUT2D eigenvalue weighted by atomic mass is 32.2. The maximum atomic E-state index is 13.0. The van der Waals surface area contributed by atoms with E-state index < -0.39 is 0 Å². The lowest BCUT2D eigenvalue weighted by molar-refractivity contribution is 0.0777. The molecule has 2 aromatic heterocycles. The van der Waals surface area contributed by atoms with Gasteiger partial charge in [0.25, 0.3) is 11.1 Å². The highest BCUT2D eigenvalue weighted by Gasteiger charge is 2.24. The maximum Gasteiger partial charge on any atom is 0.277 e. The monoisotopic (exact) mass is 491 g/mol. The fraction of sp³-hybridized carbons (Fsp3) is 0.269. The second kappa shape index (κ2) is 9.87. The van der Waals surface area contributed by atoms with Crippen LogP contribution < -0.4 is 14.2 Å². The Hall–Kier alpha value is -3.72. The van der Waals surface area contributed by atoms with Crippen LogP contribution in [0.5, 0.6) is 17.2 Å². The van der Waals surface area contributed by atoms with Gasteiger partial charge in [0.2, 0.25) is 0 Å². The second-order valence-corrected chi connectivity index (χ2v) is 9.10. The van der Waals surface area contributed by atoms with Crippen molar-refractivity contribution < 1.29 is 23.4 Å². The van der Waals surface area contributed by atoms with E-state index in [2.05, 4.69) is 14.8 Å². The Labute approximate surface area is 207 Å². The van der Waals surface area contributed by atoms with E-state index in [1.807, 2.05) is 68.4 Å². The molecular formula is C26H25N3O5S. The number of nitrogens with zero attached hydrogens (tertiary/aromatic N) is 3. The molecule has 0 saturated heterocycles. The van der Waals surface area contributed by atoms with Gasteiger partial charge in [-0.1, -0.05) is 36.0 Å². The molecular weight excluding hydrogens is 466 g/mol. The molecule has 1 aliphatic heterocycles. The molecule has 1 aliphatic rings. The average molecular weight is 492 g/mol.